The Kier molecular flexibility index (Phi) is 11.0. The molecule has 1 rings (SSSR count). The first-order valence-electron chi connectivity index (χ1n) is 8.09. The van der Waals surface area contributed by atoms with Gasteiger partial charge in [-0.05, 0) is 31.5 Å². The van der Waals surface area contributed by atoms with Crippen molar-refractivity contribution in [3.63, 3.8) is 0 Å². The third-order valence-corrected chi connectivity index (χ3v) is 3.34. The third-order valence-electron chi connectivity index (χ3n) is 3.10. The number of nitrogens with zero attached hydrogens (tertiary/aromatic N) is 1. The van der Waals surface area contributed by atoms with Gasteiger partial charge in [0.2, 0.25) is 0 Å². The quantitative estimate of drug-likeness (QED) is 0.361. The van der Waals surface area contributed by atoms with E-state index >= 15 is 0 Å². The molecule has 1 aromatic carbocycles. The first kappa shape index (κ1) is 20.5. The highest BCUT2D eigenvalue weighted by atomic mass is 35.5. The fourth-order valence-electron chi connectivity index (χ4n) is 1.90. The first-order valence-corrected chi connectivity index (χ1v) is 8.47. The molecule has 1 aromatic rings. The summed E-state index contributed by atoms with van der Waals surface area (Å²) in [4.78, 5) is 4.19. The molecule has 0 aliphatic heterocycles. The monoisotopic (exact) mass is 357 g/mol. The lowest BCUT2D eigenvalue weighted by molar-refractivity contribution is 0.0698. The van der Waals surface area contributed by atoms with Gasteiger partial charge >= 0.3 is 0 Å². The van der Waals surface area contributed by atoms with Crippen LogP contribution in [0.1, 0.15) is 13.3 Å². The number of ether oxygens (including phenoxy) is 3. The maximum atomic E-state index is 5.95. The van der Waals surface area contributed by atoms with Crippen molar-refractivity contribution in [3.8, 4) is 5.75 Å². The van der Waals surface area contributed by atoms with Gasteiger partial charge < -0.3 is 24.8 Å². The zero-order valence-corrected chi connectivity index (χ0v) is 15.4. The topological polar surface area (TPSA) is 64.1 Å². The Morgan fingerprint density at radius 3 is 2.79 bits per heavy atom. The molecule has 1 unspecified atom stereocenters. The van der Waals surface area contributed by atoms with E-state index < -0.39 is 0 Å². The van der Waals surface area contributed by atoms with Gasteiger partial charge in [0.05, 0.1) is 19.8 Å². The van der Waals surface area contributed by atoms with Gasteiger partial charge in [-0.15, -0.1) is 0 Å². The van der Waals surface area contributed by atoms with Crippen molar-refractivity contribution in [1.82, 2.24) is 10.6 Å². The summed E-state index contributed by atoms with van der Waals surface area (Å²) in [6.07, 6.45) is 0.887. The Hall–Kier alpha value is -1.50. The highest BCUT2D eigenvalue weighted by Gasteiger charge is 2.06. The van der Waals surface area contributed by atoms with Crippen LogP contribution in [0.25, 0.3) is 0 Å². The molecule has 6 nitrogen and oxygen atoms in total. The SMILES string of the molecule is CN=C(NCCCOCCOC)NCC(C)Oc1cccc(Cl)c1. The summed E-state index contributed by atoms with van der Waals surface area (Å²) in [5.74, 6) is 1.50. The molecule has 0 heterocycles. The summed E-state index contributed by atoms with van der Waals surface area (Å²) in [5.41, 5.74) is 0. The Morgan fingerprint density at radius 2 is 2.08 bits per heavy atom. The van der Waals surface area contributed by atoms with E-state index in [1.807, 2.05) is 25.1 Å². The van der Waals surface area contributed by atoms with Crippen LogP contribution in [0.2, 0.25) is 5.02 Å². The molecule has 0 spiro atoms. The molecule has 0 aliphatic rings. The van der Waals surface area contributed by atoms with Gasteiger partial charge in [0.15, 0.2) is 5.96 Å². The number of hydrogen-bond donors (Lipinski definition) is 2. The van der Waals surface area contributed by atoms with E-state index in [4.69, 9.17) is 25.8 Å². The Bertz CT molecular complexity index is 486. The number of hydrogen-bond acceptors (Lipinski definition) is 4. The number of nitrogens with one attached hydrogen (secondary N) is 2. The van der Waals surface area contributed by atoms with Crippen LogP contribution in [0.4, 0.5) is 0 Å². The summed E-state index contributed by atoms with van der Waals surface area (Å²) in [6.45, 7) is 5.36. The number of methoxy groups -OCH3 is 1. The summed E-state index contributed by atoms with van der Waals surface area (Å²) in [7, 11) is 3.41. The zero-order valence-electron chi connectivity index (χ0n) is 14.7. The van der Waals surface area contributed by atoms with Gasteiger partial charge in [0.25, 0.3) is 0 Å². The number of halogens is 1. The Labute approximate surface area is 149 Å². The fourth-order valence-corrected chi connectivity index (χ4v) is 2.08. The minimum Gasteiger partial charge on any atom is -0.489 e. The standard InChI is InChI=1S/C17H28ClN3O3/c1-14(24-16-7-4-6-15(18)12-16)13-21-17(19-2)20-8-5-9-23-11-10-22-3/h4,6-7,12,14H,5,8-11,13H2,1-3H3,(H2,19,20,21). The second kappa shape index (κ2) is 12.9. The zero-order chi connectivity index (χ0) is 17.6. The molecule has 2 N–H and O–H groups in total. The van der Waals surface area contributed by atoms with E-state index in [0.717, 1.165) is 24.7 Å². The molecule has 0 aromatic heterocycles. The largest absolute Gasteiger partial charge is 0.489 e. The smallest absolute Gasteiger partial charge is 0.191 e. The van der Waals surface area contributed by atoms with Crippen molar-refractivity contribution in [2.75, 3.05) is 47.1 Å². The van der Waals surface area contributed by atoms with Gasteiger partial charge in [0.1, 0.15) is 11.9 Å². The Morgan fingerprint density at radius 1 is 1.25 bits per heavy atom. The average Bonchev–Trinajstić information content (AvgIpc) is 2.56. The van der Waals surface area contributed by atoms with Crippen LogP contribution in [0.3, 0.4) is 0 Å². The van der Waals surface area contributed by atoms with E-state index in [1.54, 1.807) is 20.2 Å². The molecule has 136 valence electrons. The van der Waals surface area contributed by atoms with E-state index in [-0.39, 0.29) is 6.10 Å². The van der Waals surface area contributed by atoms with Crippen molar-refractivity contribution >= 4 is 17.6 Å². The molecule has 0 fully saturated rings. The molecule has 24 heavy (non-hydrogen) atoms. The van der Waals surface area contributed by atoms with Gasteiger partial charge in [-0.25, -0.2) is 0 Å². The third kappa shape index (κ3) is 9.60. The van der Waals surface area contributed by atoms with E-state index in [2.05, 4.69) is 15.6 Å². The van der Waals surface area contributed by atoms with Gasteiger partial charge in [-0.2, -0.15) is 0 Å². The lowest BCUT2D eigenvalue weighted by Gasteiger charge is -2.18. The van der Waals surface area contributed by atoms with Gasteiger partial charge in [0, 0.05) is 32.3 Å². The van der Waals surface area contributed by atoms with Crippen LogP contribution >= 0.6 is 11.6 Å². The fraction of sp³-hybridized carbons (Fsp3) is 0.588. The van der Waals surface area contributed by atoms with Crippen LogP contribution < -0.4 is 15.4 Å². The highest BCUT2D eigenvalue weighted by Crippen LogP contribution is 2.18. The van der Waals surface area contributed by atoms with Gasteiger partial charge in [-0.3, -0.25) is 4.99 Å². The normalized spacial score (nSPS) is 12.8. The average molecular weight is 358 g/mol. The predicted octanol–water partition coefficient (Wildman–Crippen LogP) is 2.33. The second-order valence-corrected chi connectivity index (χ2v) is 5.66. The first-order chi connectivity index (χ1) is 11.7. The lowest BCUT2D eigenvalue weighted by Crippen LogP contribution is -2.42. The van der Waals surface area contributed by atoms with E-state index in [0.29, 0.717) is 31.4 Å². The number of rotatable bonds is 11. The van der Waals surface area contributed by atoms with Crippen molar-refractivity contribution in [3.05, 3.63) is 29.3 Å². The van der Waals surface area contributed by atoms with Crippen molar-refractivity contribution in [2.24, 2.45) is 4.99 Å². The second-order valence-electron chi connectivity index (χ2n) is 5.22. The van der Waals surface area contributed by atoms with Crippen LogP contribution in [-0.2, 0) is 9.47 Å². The summed E-state index contributed by atoms with van der Waals surface area (Å²) < 4.78 is 16.1. The molecule has 1 atom stereocenters. The summed E-state index contributed by atoms with van der Waals surface area (Å²) in [5, 5.41) is 7.14. The summed E-state index contributed by atoms with van der Waals surface area (Å²) >= 11 is 5.95. The molecular weight excluding hydrogens is 330 g/mol. The number of benzene rings is 1. The minimum atomic E-state index is -0.0145. The molecule has 0 saturated heterocycles. The van der Waals surface area contributed by atoms with Gasteiger partial charge in [-0.1, -0.05) is 17.7 Å². The molecule has 0 amide bonds. The molecule has 0 aliphatic carbocycles. The maximum Gasteiger partial charge on any atom is 0.191 e. The highest BCUT2D eigenvalue weighted by molar-refractivity contribution is 6.30. The molecule has 0 radical (unpaired) electrons. The Balaban J connectivity index is 2.16. The van der Waals surface area contributed by atoms with Crippen LogP contribution in [0.15, 0.2) is 29.3 Å². The number of aliphatic imine (C=N–C) groups is 1. The van der Waals surface area contributed by atoms with E-state index in [1.165, 1.54) is 0 Å². The molecule has 0 saturated carbocycles. The molecule has 0 bridgehead atoms. The molecular formula is C17H28ClN3O3. The molecule has 7 heteroatoms. The van der Waals surface area contributed by atoms with Crippen LogP contribution in [-0.4, -0.2) is 59.1 Å². The number of guanidine groups is 1. The van der Waals surface area contributed by atoms with E-state index in [9.17, 15) is 0 Å². The van der Waals surface area contributed by atoms with Crippen molar-refractivity contribution in [1.29, 1.82) is 0 Å². The van der Waals surface area contributed by atoms with Crippen molar-refractivity contribution in [2.45, 2.75) is 19.4 Å². The minimum absolute atomic E-state index is 0.0145. The van der Waals surface area contributed by atoms with Crippen LogP contribution in [0.5, 0.6) is 5.75 Å². The summed E-state index contributed by atoms with van der Waals surface area (Å²) in [6, 6.07) is 7.38. The lowest BCUT2D eigenvalue weighted by atomic mass is 10.3. The predicted molar refractivity (Wildman–Crippen MR) is 98.2 cm³/mol. The maximum absolute atomic E-state index is 5.95. The van der Waals surface area contributed by atoms with Crippen LogP contribution in [0, 0.1) is 0 Å². The van der Waals surface area contributed by atoms with Crippen molar-refractivity contribution < 1.29 is 14.2 Å².